The van der Waals surface area contributed by atoms with Crippen LogP contribution in [0, 0.1) is 0 Å². The highest BCUT2D eigenvalue weighted by Crippen LogP contribution is 2.14. The van der Waals surface area contributed by atoms with Gasteiger partial charge in [0.25, 0.3) is 0 Å². The summed E-state index contributed by atoms with van der Waals surface area (Å²) in [6, 6.07) is 9.09. The number of hydrogen-bond acceptors (Lipinski definition) is 3. The van der Waals surface area contributed by atoms with E-state index in [9.17, 15) is 18.0 Å². The molecule has 0 radical (unpaired) electrons. The van der Waals surface area contributed by atoms with Crippen molar-refractivity contribution in [2.75, 3.05) is 13.2 Å². The summed E-state index contributed by atoms with van der Waals surface area (Å²) < 4.78 is 39.7. The number of alkyl halides is 3. The molecule has 0 aromatic heterocycles. The van der Waals surface area contributed by atoms with Crippen molar-refractivity contribution in [2.24, 2.45) is 5.73 Å². The van der Waals surface area contributed by atoms with Gasteiger partial charge in [-0.25, -0.2) is 4.79 Å². The number of alkyl carbamates (subject to hydrolysis) is 1. The zero-order valence-corrected chi connectivity index (χ0v) is 10.8. The summed E-state index contributed by atoms with van der Waals surface area (Å²) in [5.74, 6) is 0. The summed E-state index contributed by atoms with van der Waals surface area (Å²) >= 11 is 0. The summed E-state index contributed by atoms with van der Waals surface area (Å²) in [4.78, 5) is 11.2. The van der Waals surface area contributed by atoms with Crippen LogP contribution in [0.5, 0.6) is 0 Å². The van der Waals surface area contributed by atoms with Crippen molar-refractivity contribution in [2.45, 2.75) is 25.1 Å². The van der Waals surface area contributed by atoms with E-state index in [2.05, 4.69) is 10.1 Å². The number of aryl methyl sites for hydroxylation is 1. The molecular weight excluding hydrogens is 273 g/mol. The fourth-order valence-corrected chi connectivity index (χ4v) is 1.59. The van der Waals surface area contributed by atoms with Crippen LogP contribution >= 0.6 is 0 Å². The molecule has 0 aliphatic rings. The largest absolute Gasteiger partial charge is 0.440 e. The molecule has 1 unspecified atom stereocenters. The number of nitrogens with one attached hydrogen (secondary N) is 1. The van der Waals surface area contributed by atoms with Crippen molar-refractivity contribution < 1.29 is 22.7 Å². The van der Waals surface area contributed by atoms with Crippen LogP contribution in [0.3, 0.4) is 0 Å². The molecule has 0 heterocycles. The van der Waals surface area contributed by atoms with Gasteiger partial charge in [-0.15, -0.1) is 0 Å². The average Bonchev–Trinajstić information content (AvgIpc) is 2.41. The number of hydrogen-bond donors (Lipinski definition) is 2. The van der Waals surface area contributed by atoms with E-state index in [0.29, 0.717) is 12.8 Å². The Hall–Kier alpha value is -1.76. The molecule has 1 atom stereocenters. The molecule has 1 rings (SSSR count). The summed E-state index contributed by atoms with van der Waals surface area (Å²) in [5.41, 5.74) is 6.54. The van der Waals surface area contributed by atoms with E-state index in [1.807, 2.05) is 30.3 Å². The van der Waals surface area contributed by atoms with Gasteiger partial charge in [0.15, 0.2) is 6.61 Å². The first-order chi connectivity index (χ1) is 9.40. The zero-order chi connectivity index (χ0) is 15.0. The predicted octanol–water partition coefficient (Wildman–Crippen LogP) is 2.24. The van der Waals surface area contributed by atoms with Gasteiger partial charge in [-0.1, -0.05) is 30.3 Å². The molecule has 0 saturated carbocycles. The molecule has 4 nitrogen and oxygen atoms in total. The Bertz CT molecular complexity index is 410. The van der Waals surface area contributed by atoms with Gasteiger partial charge in [-0.3, -0.25) is 0 Å². The van der Waals surface area contributed by atoms with Crippen molar-refractivity contribution in [1.29, 1.82) is 0 Å². The number of carbonyl (C=O) groups excluding carboxylic acids is 1. The van der Waals surface area contributed by atoms with Gasteiger partial charge in [-0.05, 0) is 18.4 Å². The molecule has 0 aliphatic carbocycles. The Balaban J connectivity index is 2.33. The van der Waals surface area contributed by atoms with E-state index in [1.54, 1.807) is 0 Å². The first-order valence-electron chi connectivity index (χ1n) is 6.15. The molecule has 7 heteroatoms. The van der Waals surface area contributed by atoms with Crippen LogP contribution in [0.15, 0.2) is 30.3 Å². The quantitative estimate of drug-likeness (QED) is 0.844. The lowest BCUT2D eigenvalue weighted by molar-refractivity contribution is -0.160. The Morgan fingerprint density at radius 2 is 1.95 bits per heavy atom. The highest BCUT2D eigenvalue weighted by atomic mass is 19.4. The third kappa shape index (κ3) is 6.98. The van der Waals surface area contributed by atoms with Gasteiger partial charge >= 0.3 is 12.3 Å². The van der Waals surface area contributed by atoms with Gasteiger partial charge < -0.3 is 15.8 Å². The Morgan fingerprint density at radius 1 is 1.30 bits per heavy atom. The van der Waals surface area contributed by atoms with E-state index in [1.165, 1.54) is 0 Å². The normalized spacial score (nSPS) is 12.8. The number of nitrogens with two attached hydrogens (primary N) is 1. The maximum atomic E-state index is 11.9. The smallest absolute Gasteiger partial charge is 0.422 e. The number of benzene rings is 1. The lowest BCUT2D eigenvalue weighted by atomic mass is 10.1. The van der Waals surface area contributed by atoms with E-state index in [4.69, 9.17) is 5.73 Å². The molecule has 1 aromatic rings. The standard InChI is InChI=1S/C13H17F3N2O2/c14-13(15,16)9-20-12(19)18-11(8-17)7-6-10-4-2-1-3-5-10/h1-5,11H,6-9,17H2,(H,18,19). The van der Waals surface area contributed by atoms with Gasteiger partial charge in [0, 0.05) is 12.6 Å². The van der Waals surface area contributed by atoms with Gasteiger partial charge in [-0.2, -0.15) is 13.2 Å². The maximum absolute atomic E-state index is 11.9. The second-order valence-electron chi connectivity index (χ2n) is 4.29. The molecular formula is C13H17F3N2O2. The SMILES string of the molecule is NCC(CCc1ccccc1)NC(=O)OCC(F)(F)F. The van der Waals surface area contributed by atoms with Crippen molar-refractivity contribution in [3.8, 4) is 0 Å². The van der Waals surface area contributed by atoms with Crippen molar-refractivity contribution in [1.82, 2.24) is 5.32 Å². The Morgan fingerprint density at radius 3 is 2.50 bits per heavy atom. The fourth-order valence-electron chi connectivity index (χ4n) is 1.59. The minimum atomic E-state index is -4.53. The minimum absolute atomic E-state index is 0.133. The van der Waals surface area contributed by atoms with Crippen LogP contribution in [0.25, 0.3) is 0 Å². The van der Waals surface area contributed by atoms with E-state index in [0.717, 1.165) is 5.56 Å². The molecule has 0 fully saturated rings. The molecule has 0 spiro atoms. The van der Waals surface area contributed by atoms with Crippen LogP contribution in [0.4, 0.5) is 18.0 Å². The molecule has 1 amide bonds. The van der Waals surface area contributed by atoms with Crippen molar-refractivity contribution in [3.05, 3.63) is 35.9 Å². The maximum Gasteiger partial charge on any atom is 0.422 e. The van der Waals surface area contributed by atoms with Crippen LogP contribution in [0.2, 0.25) is 0 Å². The van der Waals surface area contributed by atoms with E-state index in [-0.39, 0.29) is 6.54 Å². The summed E-state index contributed by atoms with van der Waals surface area (Å²) in [6.07, 6.45) is -4.44. The second kappa shape index (κ2) is 7.74. The van der Waals surface area contributed by atoms with Crippen LogP contribution in [-0.2, 0) is 11.2 Å². The number of ether oxygens (including phenoxy) is 1. The molecule has 3 N–H and O–H groups in total. The minimum Gasteiger partial charge on any atom is -0.440 e. The fraction of sp³-hybridized carbons (Fsp3) is 0.462. The molecule has 1 aromatic carbocycles. The molecule has 0 bridgehead atoms. The Kier molecular flexibility index (Phi) is 6.30. The van der Waals surface area contributed by atoms with Crippen LogP contribution in [-0.4, -0.2) is 31.5 Å². The number of carbonyl (C=O) groups is 1. The third-order valence-corrected chi connectivity index (χ3v) is 2.60. The molecule has 0 aliphatic heterocycles. The Labute approximate surface area is 115 Å². The zero-order valence-electron chi connectivity index (χ0n) is 10.8. The van der Waals surface area contributed by atoms with Crippen LogP contribution in [0.1, 0.15) is 12.0 Å². The van der Waals surface area contributed by atoms with Crippen molar-refractivity contribution in [3.63, 3.8) is 0 Å². The number of amides is 1. The first kappa shape index (κ1) is 16.3. The van der Waals surface area contributed by atoms with Gasteiger partial charge in [0.1, 0.15) is 0 Å². The topological polar surface area (TPSA) is 64.3 Å². The molecule has 0 saturated heterocycles. The first-order valence-corrected chi connectivity index (χ1v) is 6.15. The predicted molar refractivity (Wildman–Crippen MR) is 68.1 cm³/mol. The molecule has 112 valence electrons. The third-order valence-electron chi connectivity index (χ3n) is 2.60. The number of rotatable bonds is 6. The lowest BCUT2D eigenvalue weighted by Gasteiger charge is -2.17. The summed E-state index contributed by atoms with van der Waals surface area (Å²) in [5, 5.41) is 2.32. The van der Waals surface area contributed by atoms with Crippen molar-refractivity contribution >= 4 is 6.09 Å². The monoisotopic (exact) mass is 290 g/mol. The highest BCUT2D eigenvalue weighted by molar-refractivity contribution is 5.67. The second-order valence-corrected chi connectivity index (χ2v) is 4.29. The number of halogens is 3. The lowest BCUT2D eigenvalue weighted by Crippen LogP contribution is -2.41. The van der Waals surface area contributed by atoms with Crippen LogP contribution < -0.4 is 11.1 Å². The van der Waals surface area contributed by atoms with E-state index >= 15 is 0 Å². The molecule has 20 heavy (non-hydrogen) atoms. The average molecular weight is 290 g/mol. The summed E-state index contributed by atoms with van der Waals surface area (Å²) in [7, 11) is 0. The summed E-state index contributed by atoms with van der Waals surface area (Å²) in [6.45, 7) is -1.47. The highest BCUT2D eigenvalue weighted by Gasteiger charge is 2.29. The van der Waals surface area contributed by atoms with E-state index < -0.39 is 24.9 Å². The van der Waals surface area contributed by atoms with Gasteiger partial charge in [0.2, 0.25) is 0 Å². The van der Waals surface area contributed by atoms with Gasteiger partial charge in [0.05, 0.1) is 0 Å².